The molecule has 0 radical (unpaired) electrons. The number of carbonyl (C=O) groups is 2. The number of hydrogen-bond acceptors (Lipinski definition) is 3. The van der Waals surface area contributed by atoms with Gasteiger partial charge in [0.25, 0.3) is 0 Å². The number of rotatable bonds is 4. The highest BCUT2D eigenvalue weighted by molar-refractivity contribution is 5.97. The molecular weight excluding hydrogens is 300 g/mol. The quantitative estimate of drug-likeness (QED) is 0.879. The second-order valence-electron chi connectivity index (χ2n) is 6.29. The molecule has 1 aliphatic heterocycles. The van der Waals surface area contributed by atoms with Gasteiger partial charge in [0.1, 0.15) is 0 Å². The number of amides is 1. The van der Waals surface area contributed by atoms with Gasteiger partial charge in [0.2, 0.25) is 5.91 Å². The summed E-state index contributed by atoms with van der Waals surface area (Å²) in [6.07, 6.45) is 0.973. The van der Waals surface area contributed by atoms with Crippen LogP contribution in [0.4, 0.5) is 5.69 Å². The molecule has 2 aromatic carbocycles. The SMILES string of the molecule is CC(=O)c1ccc(NC(=O)C(C)N2CCc3ccccc3C2)cc1. The average Bonchev–Trinajstić information content (AvgIpc) is 2.61. The summed E-state index contributed by atoms with van der Waals surface area (Å²) in [5.74, 6) is -0.00168. The molecule has 0 aliphatic carbocycles. The molecule has 2 aromatic rings. The zero-order valence-corrected chi connectivity index (χ0v) is 14.1. The van der Waals surface area contributed by atoms with Crippen molar-refractivity contribution in [3.8, 4) is 0 Å². The Labute approximate surface area is 142 Å². The summed E-state index contributed by atoms with van der Waals surface area (Å²) in [5.41, 5.74) is 4.04. The largest absolute Gasteiger partial charge is 0.325 e. The van der Waals surface area contributed by atoms with Crippen molar-refractivity contribution in [2.24, 2.45) is 0 Å². The molecule has 4 nitrogen and oxygen atoms in total. The van der Waals surface area contributed by atoms with E-state index in [2.05, 4.69) is 28.4 Å². The predicted octanol–water partition coefficient (Wildman–Crippen LogP) is 3.27. The standard InChI is InChI=1S/C20H22N2O2/c1-14(22-12-11-17-5-3-4-6-18(17)13-22)20(24)21-19-9-7-16(8-10-19)15(2)23/h3-10,14H,11-13H2,1-2H3,(H,21,24). The van der Waals surface area contributed by atoms with Crippen LogP contribution in [0.1, 0.15) is 35.3 Å². The lowest BCUT2D eigenvalue weighted by atomic mass is 9.99. The van der Waals surface area contributed by atoms with Gasteiger partial charge in [-0.2, -0.15) is 0 Å². The van der Waals surface area contributed by atoms with Gasteiger partial charge in [-0.05, 0) is 55.7 Å². The fourth-order valence-corrected chi connectivity index (χ4v) is 3.05. The van der Waals surface area contributed by atoms with Crippen molar-refractivity contribution in [1.82, 2.24) is 4.90 Å². The zero-order valence-electron chi connectivity index (χ0n) is 14.1. The fourth-order valence-electron chi connectivity index (χ4n) is 3.05. The number of hydrogen-bond donors (Lipinski definition) is 1. The van der Waals surface area contributed by atoms with Crippen LogP contribution in [0, 0.1) is 0 Å². The first-order valence-electron chi connectivity index (χ1n) is 8.27. The second-order valence-corrected chi connectivity index (χ2v) is 6.29. The van der Waals surface area contributed by atoms with Gasteiger partial charge in [0, 0.05) is 24.3 Å². The third-order valence-corrected chi connectivity index (χ3v) is 4.65. The first kappa shape index (κ1) is 16.4. The third kappa shape index (κ3) is 3.54. The molecule has 1 amide bonds. The Kier molecular flexibility index (Phi) is 4.76. The molecule has 0 bridgehead atoms. The van der Waals surface area contributed by atoms with Crippen LogP contribution >= 0.6 is 0 Å². The molecule has 0 saturated heterocycles. The lowest BCUT2D eigenvalue weighted by Crippen LogP contribution is -2.44. The predicted molar refractivity (Wildman–Crippen MR) is 95.1 cm³/mol. The molecule has 1 atom stereocenters. The van der Waals surface area contributed by atoms with Gasteiger partial charge in [-0.3, -0.25) is 14.5 Å². The van der Waals surface area contributed by atoms with Gasteiger partial charge in [0.05, 0.1) is 6.04 Å². The molecule has 4 heteroatoms. The lowest BCUT2D eigenvalue weighted by Gasteiger charge is -2.32. The number of Topliss-reactive ketones (excluding diaryl/α,β-unsaturated/α-hetero) is 1. The smallest absolute Gasteiger partial charge is 0.241 e. The van der Waals surface area contributed by atoms with Crippen LogP contribution in [0.15, 0.2) is 48.5 Å². The van der Waals surface area contributed by atoms with E-state index < -0.39 is 0 Å². The minimum absolute atomic E-state index is 0.0215. The van der Waals surface area contributed by atoms with Gasteiger partial charge in [-0.15, -0.1) is 0 Å². The highest BCUT2D eigenvalue weighted by Crippen LogP contribution is 2.21. The van der Waals surface area contributed by atoms with Crippen molar-refractivity contribution in [1.29, 1.82) is 0 Å². The number of benzene rings is 2. The average molecular weight is 322 g/mol. The minimum Gasteiger partial charge on any atom is -0.325 e. The van der Waals surface area contributed by atoms with Crippen LogP contribution < -0.4 is 5.32 Å². The van der Waals surface area contributed by atoms with Crippen molar-refractivity contribution < 1.29 is 9.59 Å². The van der Waals surface area contributed by atoms with Crippen molar-refractivity contribution in [3.63, 3.8) is 0 Å². The number of carbonyl (C=O) groups excluding carboxylic acids is 2. The Morgan fingerprint density at radius 1 is 1.04 bits per heavy atom. The number of nitrogens with one attached hydrogen (secondary N) is 1. The Morgan fingerprint density at radius 3 is 2.38 bits per heavy atom. The zero-order chi connectivity index (χ0) is 17.1. The van der Waals surface area contributed by atoms with Crippen molar-refractivity contribution in [3.05, 3.63) is 65.2 Å². The molecule has 3 rings (SSSR count). The molecule has 1 aliphatic rings. The van der Waals surface area contributed by atoms with Gasteiger partial charge in [0.15, 0.2) is 5.78 Å². The summed E-state index contributed by atoms with van der Waals surface area (Å²) < 4.78 is 0. The Bertz CT molecular complexity index is 752. The molecule has 0 fully saturated rings. The van der Waals surface area contributed by atoms with E-state index in [0.29, 0.717) is 11.3 Å². The molecule has 0 saturated carbocycles. The maximum atomic E-state index is 12.5. The Balaban J connectivity index is 1.64. The molecule has 1 N–H and O–H groups in total. The molecule has 124 valence electrons. The van der Waals surface area contributed by atoms with Crippen LogP contribution in [0.3, 0.4) is 0 Å². The number of fused-ring (bicyclic) bond motifs is 1. The first-order valence-corrected chi connectivity index (χ1v) is 8.27. The van der Waals surface area contributed by atoms with E-state index >= 15 is 0 Å². The van der Waals surface area contributed by atoms with Crippen LogP contribution in [0.25, 0.3) is 0 Å². The van der Waals surface area contributed by atoms with Gasteiger partial charge < -0.3 is 5.32 Å². The summed E-state index contributed by atoms with van der Waals surface area (Å²) in [6, 6.07) is 15.2. The summed E-state index contributed by atoms with van der Waals surface area (Å²) in [7, 11) is 0. The lowest BCUT2D eigenvalue weighted by molar-refractivity contribution is -0.121. The number of anilines is 1. The van der Waals surface area contributed by atoms with E-state index in [4.69, 9.17) is 0 Å². The van der Waals surface area contributed by atoms with Gasteiger partial charge in [-0.25, -0.2) is 0 Å². The highest BCUT2D eigenvalue weighted by Gasteiger charge is 2.25. The fraction of sp³-hybridized carbons (Fsp3) is 0.300. The van der Waals surface area contributed by atoms with Crippen molar-refractivity contribution in [2.45, 2.75) is 32.9 Å². The van der Waals surface area contributed by atoms with Crippen LogP contribution in [0.2, 0.25) is 0 Å². The Hall–Kier alpha value is -2.46. The van der Waals surface area contributed by atoms with Gasteiger partial charge in [-0.1, -0.05) is 24.3 Å². The monoisotopic (exact) mass is 322 g/mol. The molecule has 1 heterocycles. The number of nitrogens with zero attached hydrogens (tertiary/aromatic N) is 1. The topological polar surface area (TPSA) is 49.4 Å². The van der Waals surface area contributed by atoms with E-state index in [1.807, 2.05) is 13.0 Å². The second kappa shape index (κ2) is 6.97. The van der Waals surface area contributed by atoms with Crippen molar-refractivity contribution in [2.75, 3.05) is 11.9 Å². The molecule has 0 aromatic heterocycles. The first-order chi connectivity index (χ1) is 11.5. The minimum atomic E-state index is -0.203. The van der Waals surface area contributed by atoms with E-state index in [-0.39, 0.29) is 17.7 Å². The highest BCUT2D eigenvalue weighted by atomic mass is 16.2. The van der Waals surface area contributed by atoms with E-state index in [9.17, 15) is 9.59 Å². The van der Waals surface area contributed by atoms with E-state index in [1.54, 1.807) is 24.3 Å². The van der Waals surface area contributed by atoms with Crippen LogP contribution in [-0.2, 0) is 17.8 Å². The van der Waals surface area contributed by atoms with Crippen LogP contribution in [-0.4, -0.2) is 29.2 Å². The summed E-state index contributed by atoms with van der Waals surface area (Å²) in [4.78, 5) is 26.0. The number of ketones is 1. The summed E-state index contributed by atoms with van der Waals surface area (Å²) >= 11 is 0. The summed E-state index contributed by atoms with van der Waals surface area (Å²) in [6.45, 7) is 5.15. The van der Waals surface area contributed by atoms with E-state index in [0.717, 1.165) is 19.5 Å². The Morgan fingerprint density at radius 2 is 1.71 bits per heavy atom. The van der Waals surface area contributed by atoms with Gasteiger partial charge >= 0.3 is 0 Å². The maximum absolute atomic E-state index is 12.5. The molecule has 0 spiro atoms. The normalized spacial score (nSPS) is 15.4. The third-order valence-electron chi connectivity index (χ3n) is 4.65. The molecule has 24 heavy (non-hydrogen) atoms. The molecule has 1 unspecified atom stereocenters. The van der Waals surface area contributed by atoms with Crippen molar-refractivity contribution >= 4 is 17.4 Å². The summed E-state index contributed by atoms with van der Waals surface area (Å²) in [5, 5.41) is 2.94. The van der Waals surface area contributed by atoms with Crippen LogP contribution in [0.5, 0.6) is 0 Å². The molecular formula is C20H22N2O2. The maximum Gasteiger partial charge on any atom is 0.241 e. The van der Waals surface area contributed by atoms with E-state index in [1.165, 1.54) is 18.1 Å².